The lowest BCUT2D eigenvalue weighted by molar-refractivity contribution is -0.386. The van der Waals surface area contributed by atoms with Crippen molar-refractivity contribution in [2.24, 2.45) is 0 Å². The van der Waals surface area contributed by atoms with E-state index in [4.69, 9.17) is 5.11 Å². The van der Waals surface area contributed by atoms with E-state index in [2.05, 4.69) is 5.32 Å². The number of benzene rings is 1. The molecule has 0 heterocycles. The van der Waals surface area contributed by atoms with Crippen LogP contribution in [0.15, 0.2) is 23.1 Å². The summed E-state index contributed by atoms with van der Waals surface area (Å²) in [5, 5.41) is 21.9. The largest absolute Gasteiger partial charge is 0.480 e. The predicted molar refractivity (Wildman–Crippen MR) is 61.0 cm³/mol. The molecule has 0 amide bonds. The van der Waals surface area contributed by atoms with Crippen molar-refractivity contribution in [3.8, 4) is 0 Å². The number of anilines is 1. The van der Waals surface area contributed by atoms with Crippen molar-refractivity contribution in [2.45, 2.75) is 4.90 Å². The van der Waals surface area contributed by atoms with E-state index in [9.17, 15) is 14.9 Å². The fourth-order valence-electron chi connectivity index (χ4n) is 1.19. The molecule has 6 nitrogen and oxygen atoms in total. The van der Waals surface area contributed by atoms with Crippen molar-refractivity contribution in [3.63, 3.8) is 0 Å². The zero-order valence-corrected chi connectivity index (χ0v) is 9.28. The number of carboxylic acid groups (broad SMARTS) is 1. The van der Waals surface area contributed by atoms with E-state index in [1.165, 1.54) is 17.8 Å². The van der Waals surface area contributed by atoms with Crippen LogP contribution in [0, 0.1) is 10.1 Å². The van der Waals surface area contributed by atoms with Gasteiger partial charge in [-0.1, -0.05) is 6.07 Å². The van der Waals surface area contributed by atoms with Crippen LogP contribution in [0.2, 0.25) is 0 Å². The third-order valence-electron chi connectivity index (χ3n) is 1.83. The number of thioether (sulfide) groups is 1. The number of carbonyl (C=O) groups is 1. The van der Waals surface area contributed by atoms with Crippen molar-refractivity contribution in [3.05, 3.63) is 28.3 Å². The number of para-hydroxylation sites is 1. The lowest BCUT2D eigenvalue weighted by Crippen LogP contribution is -2.13. The monoisotopic (exact) mass is 242 g/mol. The van der Waals surface area contributed by atoms with Gasteiger partial charge in [-0.05, 0) is 18.4 Å². The van der Waals surface area contributed by atoms with E-state index in [1.54, 1.807) is 18.4 Å². The fraction of sp³-hybridized carbons (Fsp3) is 0.222. The van der Waals surface area contributed by atoms with E-state index in [0.29, 0.717) is 4.90 Å². The third kappa shape index (κ3) is 2.86. The zero-order chi connectivity index (χ0) is 12.1. The van der Waals surface area contributed by atoms with Crippen LogP contribution in [0.25, 0.3) is 0 Å². The number of hydrogen-bond acceptors (Lipinski definition) is 5. The lowest BCUT2D eigenvalue weighted by Gasteiger charge is -2.06. The second-order valence-electron chi connectivity index (χ2n) is 2.86. The maximum Gasteiger partial charge on any atom is 0.322 e. The molecule has 0 aliphatic heterocycles. The molecule has 0 radical (unpaired) electrons. The van der Waals surface area contributed by atoms with Crippen molar-refractivity contribution >= 4 is 29.1 Å². The Morgan fingerprint density at radius 1 is 1.62 bits per heavy atom. The number of hydrogen-bond donors (Lipinski definition) is 2. The van der Waals surface area contributed by atoms with Gasteiger partial charge in [-0.15, -0.1) is 11.8 Å². The van der Waals surface area contributed by atoms with Crippen LogP contribution < -0.4 is 5.32 Å². The topological polar surface area (TPSA) is 92.5 Å². The Hall–Kier alpha value is -1.76. The van der Waals surface area contributed by atoms with Gasteiger partial charge < -0.3 is 10.4 Å². The Labute approximate surface area is 95.8 Å². The Balaban J connectivity index is 3.07. The smallest absolute Gasteiger partial charge is 0.322 e. The molecular weight excluding hydrogens is 232 g/mol. The molecule has 1 rings (SSSR count). The maximum absolute atomic E-state index is 10.9. The van der Waals surface area contributed by atoms with E-state index < -0.39 is 10.9 Å². The van der Waals surface area contributed by atoms with Crippen molar-refractivity contribution < 1.29 is 14.8 Å². The first-order chi connectivity index (χ1) is 7.56. The van der Waals surface area contributed by atoms with Crippen molar-refractivity contribution in [2.75, 3.05) is 18.1 Å². The number of carboxylic acids is 1. The number of nitro groups is 1. The van der Waals surface area contributed by atoms with Crippen LogP contribution in [0.5, 0.6) is 0 Å². The molecule has 0 saturated heterocycles. The lowest BCUT2D eigenvalue weighted by atomic mass is 10.2. The van der Waals surface area contributed by atoms with E-state index >= 15 is 0 Å². The van der Waals surface area contributed by atoms with Crippen molar-refractivity contribution in [1.29, 1.82) is 0 Å². The van der Waals surface area contributed by atoms with Gasteiger partial charge in [0.25, 0.3) is 0 Å². The van der Waals surface area contributed by atoms with Gasteiger partial charge in [0.2, 0.25) is 0 Å². The summed E-state index contributed by atoms with van der Waals surface area (Å²) in [6, 6.07) is 4.75. The van der Waals surface area contributed by atoms with Gasteiger partial charge in [0.05, 0.1) is 9.82 Å². The molecule has 1 aromatic rings. The summed E-state index contributed by atoms with van der Waals surface area (Å²) in [6.07, 6.45) is 1.73. The Morgan fingerprint density at radius 3 is 2.81 bits per heavy atom. The van der Waals surface area contributed by atoms with Crippen LogP contribution in [0.4, 0.5) is 11.4 Å². The molecule has 0 aromatic heterocycles. The zero-order valence-electron chi connectivity index (χ0n) is 8.47. The molecule has 2 N–H and O–H groups in total. The molecule has 86 valence electrons. The van der Waals surface area contributed by atoms with E-state index in [-0.39, 0.29) is 17.9 Å². The summed E-state index contributed by atoms with van der Waals surface area (Å²) >= 11 is 1.24. The highest BCUT2D eigenvalue weighted by atomic mass is 32.2. The molecule has 0 spiro atoms. The van der Waals surface area contributed by atoms with Crippen molar-refractivity contribution in [1.82, 2.24) is 0 Å². The summed E-state index contributed by atoms with van der Waals surface area (Å²) in [4.78, 5) is 21.2. The van der Waals surface area contributed by atoms with Crippen LogP contribution in [0.3, 0.4) is 0 Å². The second-order valence-corrected chi connectivity index (χ2v) is 3.71. The van der Waals surface area contributed by atoms with Gasteiger partial charge in [-0.2, -0.15) is 0 Å². The molecule has 0 saturated carbocycles. The average Bonchev–Trinajstić information content (AvgIpc) is 2.25. The number of nitro benzene ring substituents is 1. The Bertz CT molecular complexity index is 422. The third-order valence-corrected chi connectivity index (χ3v) is 2.60. The highest BCUT2D eigenvalue weighted by molar-refractivity contribution is 7.98. The first kappa shape index (κ1) is 12.3. The highest BCUT2D eigenvalue weighted by Crippen LogP contribution is 2.34. The summed E-state index contributed by atoms with van der Waals surface area (Å²) in [7, 11) is 0. The summed E-state index contributed by atoms with van der Waals surface area (Å²) < 4.78 is 0. The molecule has 0 atom stereocenters. The quantitative estimate of drug-likeness (QED) is 0.464. The summed E-state index contributed by atoms with van der Waals surface area (Å²) in [6.45, 7) is -0.349. The van der Waals surface area contributed by atoms with Gasteiger partial charge in [0, 0.05) is 0 Å². The molecule has 7 heteroatoms. The normalized spacial score (nSPS) is 9.81. The number of aliphatic carboxylic acids is 1. The SMILES string of the molecule is CSc1cccc(NCC(=O)O)c1[N+](=O)[O-]. The molecule has 0 unspecified atom stereocenters. The minimum Gasteiger partial charge on any atom is -0.480 e. The summed E-state index contributed by atoms with van der Waals surface area (Å²) in [5.74, 6) is -1.07. The van der Waals surface area contributed by atoms with Gasteiger partial charge in [0.15, 0.2) is 0 Å². The van der Waals surface area contributed by atoms with Gasteiger partial charge in [0.1, 0.15) is 12.2 Å². The standard InChI is InChI=1S/C9H10N2O4S/c1-16-7-4-2-3-6(9(7)11(14)15)10-5-8(12)13/h2-4,10H,5H2,1H3,(H,12,13). The molecule has 1 aromatic carbocycles. The fourth-order valence-corrected chi connectivity index (χ4v) is 1.78. The molecule has 0 aliphatic carbocycles. The van der Waals surface area contributed by atoms with Crippen LogP contribution >= 0.6 is 11.8 Å². The first-order valence-corrected chi connectivity index (χ1v) is 5.55. The maximum atomic E-state index is 10.9. The van der Waals surface area contributed by atoms with Gasteiger partial charge >= 0.3 is 11.7 Å². The van der Waals surface area contributed by atoms with Crippen LogP contribution in [-0.4, -0.2) is 28.8 Å². The van der Waals surface area contributed by atoms with Crippen LogP contribution in [-0.2, 0) is 4.79 Å². The highest BCUT2D eigenvalue weighted by Gasteiger charge is 2.19. The number of nitrogens with zero attached hydrogens (tertiary/aromatic N) is 1. The minimum atomic E-state index is -1.07. The van der Waals surface area contributed by atoms with Crippen LogP contribution in [0.1, 0.15) is 0 Å². The first-order valence-electron chi connectivity index (χ1n) is 4.33. The molecule has 0 bridgehead atoms. The average molecular weight is 242 g/mol. The molecule has 0 fully saturated rings. The minimum absolute atomic E-state index is 0.0868. The predicted octanol–water partition coefficient (Wildman–Crippen LogP) is 1.81. The van der Waals surface area contributed by atoms with Gasteiger partial charge in [-0.25, -0.2) is 0 Å². The molecule has 0 aliphatic rings. The summed E-state index contributed by atoms with van der Waals surface area (Å²) in [5.41, 5.74) is 0.135. The van der Waals surface area contributed by atoms with E-state index in [1.807, 2.05) is 0 Å². The Kier molecular flexibility index (Phi) is 4.12. The Morgan fingerprint density at radius 2 is 2.31 bits per heavy atom. The molecular formula is C9H10N2O4S. The molecule has 16 heavy (non-hydrogen) atoms. The van der Waals surface area contributed by atoms with E-state index in [0.717, 1.165) is 0 Å². The van der Waals surface area contributed by atoms with Gasteiger partial charge in [-0.3, -0.25) is 14.9 Å². The second kappa shape index (κ2) is 5.36. The number of nitrogens with one attached hydrogen (secondary N) is 1. The number of rotatable bonds is 5.